The Balaban J connectivity index is 0.000000342. The molecule has 2 N–H and O–H groups in total. The van der Waals surface area contributed by atoms with Crippen LogP contribution in [0.3, 0.4) is 0 Å². The molecule has 19 heavy (non-hydrogen) atoms. The summed E-state index contributed by atoms with van der Waals surface area (Å²) in [7, 11) is -4.52. The van der Waals surface area contributed by atoms with Crippen molar-refractivity contribution in [3.63, 3.8) is 0 Å². The summed E-state index contributed by atoms with van der Waals surface area (Å²) in [6.45, 7) is -0.637. The first kappa shape index (κ1) is 20.1. The highest BCUT2D eigenvalue weighted by molar-refractivity contribution is 7.46. The Morgan fingerprint density at radius 2 is 1.53 bits per heavy atom. The number of phosphoric ester groups is 1. The van der Waals surface area contributed by atoms with E-state index < -0.39 is 18.2 Å². The van der Waals surface area contributed by atoms with E-state index in [0.717, 1.165) is 0 Å². The van der Waals surface area contributed by atoms with E-state index >= 15 is 0 Å². The van der Waals surface area contributed by atoms with Crippen molar-refractivity contribution in [2.75, 3.05) is 6.61 Å². The number of halogens is 6. The molecule has 0 radical (unpaired) electrons. The smallest absolute Gasteiger partial charge is 0.303 e. The van der Waals surface area contributed by atoms with E-state index in [1.165, 1.54) is 0 Å². The molecule has 0 saturated carbocycles. The van der Waals surface area contributed by atoms with Crippen LogP contribution >= 0.6 is 77.4 Å². The summed E-state index contributed by atoms with van der Waals surface area (Å²) in [6.07, 6.45) is 0. The van der Waals surface area contributed by atoms with Gasteiger partial charge in [0.05, 0.1) is 15.1 Å². The van der Waals surface area contributed by atoms with E-state index in [1.807, 2.05) is 0 Å². The molecule has 0 aliphatic carbocycles. The van der Waals surface area contributed by atoms with E-state index in [4.69, 9.17) is 79.4 Å². The lowest BCUT2D eigenvalue weighted by molar-refractivity contribution is 0.200. The van der Waals surface area contributed by atoms with Gasteiger partial charge in [-0.1, -0.05) is 75.7 Å². The molecule has 0 heterocycles. The van der Waals surface area contributed by atoms with Crippen molar-refractivity contribution in [1.82, 2.24) is 0 Å². The number of hydrogen-bond donors (Lipinski definition) is 2. The molecule has 0 aromatic heterocycles. The molecule has 0 fully saturated rings. The first-order valence-electron chi connectivity index (χ1n) is 4.29. The third-order valence-corrected chi connectivity index (χ3v) is 3.32. The van der Waals surface area contributed by atoms with Crippen molar-refractivity contribution in [3.05, 3.63) is 33.3 Å². The fraction of sp³-hybridized carbons (Fsp3) is 0.250. The van der Waals surface area contributed by atoms with Crippen LogP contribution < -0.4 is 0 Å². The lowest BCUT2D eigenvalue weighted by atomic mass is 10.4. The third-order valence-electron chi connectivity index (χ3n) is 1.30. The zero-order chi connectivity index (χ0) is 15.3. The molecule has 11 heteroatoms. The van der Waals surface area contributed by atoms with Crippen molar-refractivity contribution >= 4 is 77.4 Å². The van der Waals surface area contributed by atoms with Crippen LogP contribution in [0.4, 0.5) is 0 Å². The van der Waals surface area contributed by atoms with Crippen LogP contribution in [0, 0.1) is 0 Å². The monoisotopic (exact) mass is 408 g/mol. The lowest BCUT2D eigenvalue weighted by Crippen LogP contribution is -2.11. The van der Waals surface area contributed by atoms with Crippen molar-refractivity contribution < 1.29 is 18.9 Å². The van der Waals surface area contributed by atoms with Crippen molar-refractivity contribution in [2.24, 2.45) is 0 Å². The first-order valence-corrected chi connectivity index (χ1v) is 8.08. The third kappa shape index (κ3) is 11.4. The Kier molecular flexibility index (Phi) is 8.98. The molecule has 0 amide bonds. The Labute approximate surface area is 139 Å². The largest absolute Gasteiger partial charge is 0.469 e. The fourth-order valence-corrected chi connectivity index (χ4v) is 1.91. The predicted molar refractivity (Wildman–Crippen MR) is 79.8 cm³/mol. The Bertz CT molecular complexity index is 437. The zero-order valence-corrected chi connectivity index (χ0v) is 14.3. The maximum atomic E-state index is 9.97. The first-order chi connectivity index (χ1) is 8.42. The molecule has 0 atom stereocenters. The van der Waals surface area contributed by atoms with Gasteiger partial charge in [-0.25, -0.2) is 4.57 Å². The Morgan fingerprint density at radius 3 is 1.74 bits per heavy atom. The molecule has 0 unspecified atom stereocenters. The summed E-state index contributed by atoms with van der Waals surface area (Å²) >= 11 is 32.1. The molecular weight excluding hydrogens is 404 g/mol. The van der Waals surface area contributed by atoms with Crippen molar-refractivity contribution in [2.45, 2.75) is 3.79 Å². The summed E-state index contributed by atoms with van der Waals surface area (Å²) in [5.74, 6) is 0. The molecule has 0 aliphatic rings. The van der Waals surface area contributed by atoms with E-state index in [2.05, 4.69) is 4.52 Å². The number of benzene rings is 1. The maximum absolute atomic E-state index is 9.97. The Morgan fingerprint density at radius 1 is 1.11 bits per heavy atom. The molecule has 1 rings (SSSR count). The van der Waals surface area contributed by atoms with Gasteiger partial charge in [0.2, 0.25) is 3.79 Å². The van der Waals surface area contributed by atoms with E-state index in [-0.39, 0.29) is 0 Å². The number of phosphoric acid groups is 1. The van der Waals surface area contributed by atoms with Crippen LogP contribution in [0.25, 0.3) is 0 Å². The minimum absolute atomic E-state index is 0.417. The van der Waals surface area contributed by atoms with Gasteiger partial charge in [0, 0.05) is 0 Å². The highest BCUT2D eigenvalue weighted by Gasteiger charge is 2.25. The number of rotatable bonds is 2. The molecule has 0 bridgehead atoms. The average molecular weight is 411 g/mol. The van der Waals surface area contributed by atoms with Gasteiger partial charge in [-0.15, -0.1) is 0 Å². The van der Waals surface area contributed by atoms with Crippen LogP contribution in [-0.4, -0.2) is 20.2 Å². The van der Waals surface area contributed by atoms with Gasteiger partial charge in [0.25, 0.3) is 0 Å². The van der Waals surface area contributed by atoms with Gasteiger partial charge >= 0.3 is 7.82 Å². The molecular formula is C8H7Cl6O4P. The standard InChI is InChI=1S/C6H3Cl3.C2H4Cl3O4P/c7-4-2-1-3-5(8)6(4)9;3-2(4,5)1-9-10(6,7)8/h1-3H;1H2,(H2,6,7,8). The van der Waals surface area contributed by atoms with Gasteiger partial charge in [0.1, 0.15) is 6.61 Å². The second kappa shape index (κ2) is 8.50. The highest BCUT2D eigenvalue weighted by atomic mass is 35.6. The summed E-state index contributed by atoms with van der Waals surface area (Å²) in [5, 5.41) is 1.40. The predicted octanol–water partition coefficient (Wildman–Crippen LogP) is 5.11. The molecule has 4 nitrogen and oxygen atoms in total. The van der Waals surface area contributed by atoms with Crippen molar-refractivity contribution in [1.29, 1.82) is 0 Å². The lowest BCUT2D eigenvalue weighted by Gasteiger charge is -2.10. The zero-order valence-electron chi connectivity index (χ0n) is 8.87. The normalized spacial score (nSPS) is 11.8. The Hall–Kier alpha value is 1.07. The van der Waals surface area contributed by atoms with Crippen LogP contribution in [0.15, 0.2) is 18.2 Å². The van der Waals surface area contributed by atoms with E-state index in [0.29, 0.717) is 15.1 Å². The van der Waals surface area contributed by atoms with Gasteiger partial charge in [-0.3, -0.25) is 4.52 Å². The maximum Gasteiger partial charge on any atom is 0.469 e. The summed E-state index contributed by atoms with van der Waals surface area (Å²) in [4.78, 5) is 16.2. The molecule has 0 saturated heterocycles. The second-order valence-electron chi connectivity index (χ2n) is 2.91. The molecule has 1 aromatic carbocycles. The van der Waals surface area contributed by atoms with Gasteiger partial charge < -0.3 is 9.79 Å². The van der Waals surface area contributed by atoms with Gasteiger partial charge in [-0.2, -0.15) is 0 Å². The SMILES string of the molecule is Clc1cccc(Cl)c1Cl.O=P(O)(O)OCC(Cl)(Cl)Cl. The van der Waals surface area contributed by atoms with Crippen LogP contribution in [0.5, 0.6) is 0 Å². The van der Waals surface area contributed by atoms with E-state index in [1.54, 1.807) is 18.2 Å². The molecule has 0 aliphatic heterocycles. The number of hydrogen-bond acceptors (Lipinski definition) is 2. The number of alkyl halides is 3. The molecule has 0 spiro atoms. The topological polar surface area (TPSA) is 66.8 Å². The average Bonchev–Trinajstić information content (AvgIpc) is 2.22. The van der Waals surface area contributed by atoms with Gasteiger partial charge in [-0.05, 0) is 12.1 Å². The summed E-state index contributed by atoms with van der Waals surface area (Å²) in [6, 6.07) is 5.13. The fourth-order valence-electron chi connectivity index (χ4n) is 0.635. The van der Waals surface area contributed by atoms with Crippen LogP contribution in [0.2, 0.25) is 15.1 Å². The van der Waals surface area contributed by atoms with Crippen LogP contribution in [-0.2, 0) is 9.09 Å². The van der Waals surface area contributed by atoms with E-state index in [9.17, 15) is 4.57 Å². The molecule has 1 aromatic rings. The summed E-state index contributed by atoms with van der Waals surface area (Å²) in [5.41, 5.74) is 0. The van der Waals surface area contributed by atoms with Crippen LogP contribution in [0.1, 0.15) is 0 Å². The van der Waals surface area contributed by atoms with Gasteiger partial charge in [0.15, 0.2) is 0 Å². The van der Waals surface area contributed by atoms with Crippen molar-refractivity contribution in [3.8, 4) is 0 Å². The minimum atomic E-state index is -4.52. The molecule has 110 valence electrons. The quantitative estimate of drug-likeness (QED) is 0.404. The second-order valence-corrected chi connectivity index (χ2v) is 7.86. The minimum Gasteiger partial charge on any atom is -0.303 e. The summed E-state index contributed by atoms with van der Waals surface area (Å²) < 4.78 is 12.0. The highest BCUT2D eigenvalue weighted by Crippen LogP contribution is 2.39.